The lowest BCUT2D eigenvalue weighted by Gasteiger charge is -2.14. The van der Waals surface area contributed by atoms with E-state index in [-0.39, 0.29) is 4.83 Å². The topological polar surface area (TPSA) is 18.5 Å². The molecule has 1 atom stereocenters. The van der Waals surface area contributed by atoms with E-state index in [0.29, 0.717) is 13.2 Å². The Morgan fingerprint density at radius 3 is 2.67 bits per heavy atom. The van der Waals surface area contributed by atoms with Gasteiger partial charge in [0, 0.05) is 16.3 Å². The molecule has 2 nitrogen and oxygen atoms in total. The Labute approximate surface area is 138 Å². The Morgan fingerprint density at radius 1 is 1.05 bits per heavy atom. The van der Waals surface area contributed by atoms with E-state index in [9.17, 15) is 0 Å². The molecule has 0 aromatic heterocycles. The third kappa shape index (κ3) is 3.72. The van der Waals surface area contributed by atoms with Crippen molar-refractivity contribution >= 4 is 27.5 Å². The minimum absolute atomic E-state index is 0.216. The Balaban J connectivity index is 1.78. The van der Waals surface area contributed by atoms with Crippen molar-refractivity contribution in [2.75, 3.05) is 13.2 Å². The van der Waals surface area contributed by atoms with Crippen molar-refractivity contribution in [3.63, 3.8) is 0 Å². The van der Waals surface area contributed by atoms with Crippen LogP contribution in [0, 0.1) is 0 Å². The molecule has 0 aliphatic carbocycles. The van der Waals surface area contributed by atoms with Crippen molar-refractivity contribution in [2.45, 2.75) is 17.7 Å². The van der Waals surface area contributed by atoms with Crippen LogP contribution in [-0.2, 0) is 6.42 Å². The lowest BCUT2D eigenvalue weighted by atomic mass is 10.0. The monoisotopic (exact) mass is 366 g/mol. The first-order chi connectivity index (χ1) is 10.2. The van der Waals surface area contributed by atoms with E-state index >= 15 is 0 Å². The normalized spacial score (nSPS) is 15.3. The van der Waals surface area contributed by atoms with Crippen LogP contribution < -0.4 is 9.47 Å². The molecule has 21 heavy (non-hydrogen) atoms. The number of benzene rings is 2. The smallest absolute Gasteiger partial charge is 0.161 e. The molecule has 0 amide bonds. The molecule has 1 aliphatic rings. The summed E-state index contributed by atoms with van der Waals surface area (Å²) in [6.07, 6.45) is 1.80. The van der Waals surface area contributed by atoms with E-state index in [0.717, 1.165) is 29.4 Å². The van der Waals surface area contributed by atoms with Crippen LogP contribution in [0.2, 0.25) is 5.02 Å². The van der Waals surface area contributed by atoms with Crippen molar-refractivity contribution < 1.29 is 9.47 Å². The van der Waals surface area contributed by atoms with Gasteiger partial charge in [0.2, 0.25) is 0 Å². The molecule has 0 saturated heterocycles. The molecule has 0 N–H and O–H groups in total. The van der Waals surface area contributed by atoms with Gasteiger partial charge in [-0.2, -0.15) is 0 Å². The molecule has 0 radical (unpaired) electrons. The standard InChI is InChI=1S/C17H16BrClO2/c18-15(10-12-3-1-4-14(19)9-12)13-5-6-16-17(11-13)21-8-2-7-20-16/h1,3-6,9,11,15H,2,7-8,10H2. The highest BCUT2D eigenvalue weighted by atomic mass is 79.9. The maximum absolute atomic E-state index is 6.04. The number of halogens is 2. The third-order valence-electron chi connectivity index (χ3n) is 3.44. The number of hydrogen-bond acceptors (Lipinski definition) is 2. The molecule has 0 fully saturated rings. The van der Waals surface area contributed by atoms with Crippen molar-refractivity contribution in [2.24, 2.45) is 0 Å². The highest BCUT2D eigenvalue weighted by Gasteiger charge is 2.15. The Hall–Kier alpha value is -1.19. The second-order valence-electron chi connectivity index (χ2n) is 5.06. The van der Waals surface area contributed by atoms with Crippen LogP contribution in [-0.4, -0.2) is 13.2 Å². The maximum atomic E-state index is 6.04. The summed E-state index contributed by atoms with van der Waals surface area (Å²) in [5, 5.41) is 0.769. The van der Waals surface area contributed by atoms with Crippen LogP contribution in [0.5, 0.6) is 11.5 Å². The van der Waals surface area contributed by atoms with Gasteiger partial charge in [-0.05, 0) is 41.8 Å². The van der Waals surface area contributed by atoms with E-state index in [1.807, 2.05) is 24.3 Å². The molecule has 0 bridgehead atoms. The molecular formula is C17H16BrClO2. The number of rotatable bonds is 3. The minimum atomic E-state index is 0.216. The number of ether oxygens (including phenoxy) is 2. The van der Waals surface area contributed by atoms with E-state index in [2.05, 4.69) is 34.1 Å². The molecule has 1 aliphatic heterocycles. The largest absolute Gasteiger partial charge is 0.490 e. The summed E-state index contributed by atoms with van der Waals surface area (Å²) in [4.78, 5) is 0.216. The summed E-state index contributed by atoms with van der Waals surface area (Å²) in [6.45, 7) is 1.42. The molecular weight excluding hydrogens is 352 g/mol. The molecule has 2 aromatic rings. The van der Waals surface area contributed by atoms with Crippen molar-refractivity contribution in [1.82, 2.24) is 0 Å². The molecule has 1 heterocycles. The summed E-state index contributed by atoms with van der Waals surface area (Å²) in [5.74, 6) is 1.67. The van der Waals surface area contributed by atoms with E-state index < -0.39 is 0 Å². The lowest BCUT2D eigenvalue weighted by Crippen LogP contribution is -1.98. The average molecular weight is 368 g/mol. The van der Waals surface area contributed by atoms with E-state index in [4.69, 9.17) is 21.1 Å². The van der Waals surface area contributed by atoms with Crippen molar-refractivity contribution in [3.8, 4) is 11.5 Å². The zero-order chi connectivity index (χ0) is 14.7. The lowest BCUT2D eigenvalue weighted by molar-refractivity contribution is 0.297. The molecule has 3 rings (SSSR count). The molecule has 0 spiro atoms. The first-order valence-corrected chi connectivity index (χ1v) is 8.30. The van der Waals surface area contributed by atoms with Gasteiger partial charge in [-0.3, -0.25) is 0 Å². The molecule has 4 heteroatoms. The molecule has 2 aromatic carbocycles. The average Bonchev–Trinajstić information content (AvgIpc) is 2.71. The minimum Gasteiger partial charge on any atom is -0.490 e. The maximum Gasteiger partial charge on any atom is 0.161 e. The van der Waals surface area contributed by atoms with Gasteiger partial charge in [-0.15, -0.1) is 0 Å². The Kier molecular flexibility index (Phi) is 4.71. The van der Waals surface area contributed by atoms with Gasteiger partial charge >= 0.3 is 0 Å². The van der Waals surface area contributed by atoms with E-state index in [1.165, 1.54) is 11.1 Å². The van der Waals surface area contributed by atoms with Crippen LogP contribution in [0.4, 0.5) is 0 Å². The number of hydrogen-bond donors (Lipinski definition) is 0. The summed E-state index contributed by atoms with van der Waals surface area (Å²) in [7, 11) is 0. The van der Waals surface area contributed by atoms with Crippen molar-refractivity contribution in [3.05, 3.63) is 58.6 Å². The van der Waals surface area contributed by atoms with Crippen molar-refractivity contribution in [1.29, 1.82) is 0 Å². The van der Waals surface area contributed by atoms with Crippen LogP contribution in [0.25, 0.3) is 0 Å². The number of alkyl halides is 1. The predicted molar refractivity (Wildman–Crippen MR) is 88.9 cm³/mol. The van der Waals surface area contributed by atoms with Gasteiger partial charge in [0.15, 0.2) is 11.5 Å². The van der Waals surface area contributed by atoms with Gasteiger partial charge in [-0.25, -0.2) is 0 Å². The fraction of sp³-hybridized carbons (Fsp3) is 0.294. The SMILES string of the molecule is Clc1cccc(CC(Br)c2ccc3c(c2)OCCCO3)c1. The zero-order valence-electron chi connectivity index (χ0n) is 11.5. The van der Waals surface area contributed by atoms with Gasteiger partial charge < -0.3 is 9.47 Å². The van der Waals surface area contributed by atoms with Crippen LogP contribution in [0.1, 0.15) is 22.4 Å². The highest BCUT2D eigenvalue weighted by molar-refractivity contribution is 9.09. The Bertz CT molecular complexity index is 630. The van der Waals surface area contributed by atoms with E-state index in [1.54, 1.807) is 0 Å². The fourth-order valence-corrected chi connectivity index (χ4v) is 3.23. The quantitative estimate of drug-likeness (QED) is 0.696. The van der Waals surface area contributed by atoms with Crippen LogP contribution in [0.15, 0.2) is 42.5 Å². The molecule has 1 unspecified atom stereocenters. The van der Waals surface area contributed by atoms with Gasteiger partial charge in [0.1, 0.15) is 0 Å². The summed E-state index contributed by atoms with van der Waals surface area (Å²) in [6, 6.07) is 14.1. The molecule has 0 saturated carbocycles. The third-order valence-corrected chi connectivity index (χ3v) is 4.52. The fourth-order valence-electron chi connectivity index (χ4n) is 2.36. The van der Waals surface area contributed by atoms with Gasteiger partial charge in [0.05, 0.1) is 13.2 Å². The second kappa shape index (κ2) is 6.71. The number of fused-ring (bicyclic) bond motifs is 1. The molecule has 110 valence electrons. The predicted octanol–water partition coefficient (Wildman–Crippen LogP) is 5.18. The van der Waals surface area contributed by atoms with Gasteiger partial charge in [0.25, 0.3) is 0 Å². The second-order valence-corrected chi connectivity index (χ2v) is 6.60. The first-order valence-electron chi connectivity index (χ1n) is 7.00. The van der Waals surface area contributed by atoms with Crippen LogP contribution >= 0.6 is 27.5 Å². The summed E-state index contributed by atoms with van der Waals surface area (Å²) < 4.78 is 11.4. The Morgan fingerprint density at radius 2 is 1.86 bits per heavy atom. The highest BCUT2D eigenvalue weighted by Crippen LogP contribution is 2.36. The zero-order valence-corrected chi connectivity index (χ0v) is 13.9. The van der Waals surface area contributed by atoms with Gasteiger partial charge in [-0.1, -0.05) is 45.7 Å². The summed E-state index contributed by atoms with van der Waals surface area (Å²) in [5.41, 5.74) is 2.38. The van der Waals surface area contributed by atoms with Crippen LogP contribution in [0.3, 0.4) is 0 Å². The first kappa shape index (κ1) is 14.7. The summed E-state index contributed by atoms with van der Waals surface area (Å²) >= 11 is 9.79.